The summed E-state index contributed by atoms with van der Waals surface area (Å²) in [5.41, 5.74) is 3.99. The molecule has 1 aromatic heterocycles. The molecule has 31 heavy (non-hydrogen) atoms. The van der Waals surface area contributed by atoms with Crippen LogP contribution in [0.2, 0.25) is 0 Å². The summed E-state index contributed by atoms with van der Waals surface area (Å²) in [6.07, 6.45) is 0.236. The van der Waals surface area contributed by atoms with E-state index >= 15 is 0 Å². The molecule has 2 heterocycles. The summed E-state index contributed by atoms with van der Waals surface area (Å²) in [5.74, 6) is 1.11. The summed E-state index contributed by atoms with van der Waals surface area (Å²) >= 11 is 1.44. The van der Waals surface area contributed by atoms with Crippen LogP contribution in [0.4, 0.5) is 5.82 Å². The summed E-state index contributed by atoms with van der Waals surface area (Å²) in [7, 11) is 0. The SMILES string of the molecule is Cc1ccc(CNC(=O)CSc2nc3ccccc3nc2N2C[C@@H](C)O[C@H](C)C2)cc1. The Bertz CT molecular complexity index is 1050. The molecule has 4 rings (SSSR count). The first-order chi connectivity index (χ1) is 15.0. The van der Waals surface area contributed by atoms with Gasteiger partial charge in [-0.2, -0.15) is 0 Å². The third-order valence-electron chi connectivity index (χ3n) is 5.19. The van der Waals surface area contributed by atoms with Crippen LogP contribution in [0.15, 0.2) is 53.6 Å². The van der Waals surface area contributed by atoms with E-state index in [1.165, 1.54) is 17.3 Å². The molecule has 3 aromatic rings. The lowest BCUT2D eigenvalue weighted by atomic mass is 10.1. The predicted molar refractivity (Wildman–Crippen MR) is 126 cm³/mol. The molecule has 1 fully saturated rings. The highest BCUT2D eigenvalue weighted by molar-refractivity contribution is 8.00. The van der Waals surface area contributed by atoms with Crippen LogP contribution in [0, 0.1) is 6.92 Å². The van der Waals surface area contributed by atoms with Gasteiger partial charge in [-0.1, -0.05) is 53.7 Å². The Morgan fingerprint density at radius 1 is 1.06 bits per heavy atom. The van der Waals surface area contributed by atoms with Crippen LogP contribution in [0.1, 0.15) is 25.0 Å². The van der Waals surface area contributed by atoms with Gasteiger partial charge < -0.3 is 15.0 Å². The summed E-state index contributed by atoms with van der Waals surface area (Å²) in [4.78, 5) is 24.5. The number of hydrogen-bond donors (Lipinski definition) is 1. The smallest absolute Gasteiger partial charge is 0.230 e. The average Bonchev–Trinajstić information content (AvgIpc) is 2.76. The zero-order valence-electron chi connectivity index (χ0n) is 18.2. The monoisotopic (exact) mass is 436 g/mol. The zero-order chi connectivity index (χ0) is 21.8. The van der Waals surface area contributed by atoms with Crippen LogP contribution in [0.3, 0.4) is 0 Å². The van der Waals surface area contributed by atoms with Crippen molar-refractivity contribution in [3.8, 4) is 0 Å². The lowest BCUT2D eigenvalue weighted by Gasteiger charge is -2.36. The van der Waals surface area contributed by atoms with E-state index in [-0.39, 0.29) is 18.1 Å². The van der Waals surface area contributed by atoms with Crippen molar-refractivity contribution in [1.29, 1.82) is 0 Å². The first-order valence-electron chi connectivity index (χ1n) is 10.6. The number of morpholine rings is 1. The van der Waals surface area contributed by atoms with Gasteiger partial charge in [0.25, 0.3) is 0 Å². The van der Waals surface area contributed by atoms with Crippen molar-refractivity contribution >= 4 is 34.5 Å². The van der Waals surface area contributed by atoms with Crippen LogP contribution in [-0.2, 0) is 16.1 Å². The van der Waals surface area contributed by atoms with E-state index in [2.05, 4.69) is 43.1 Å². The Balaban J connectivity index is 1.49. The first kappa shape index (κ1) is 21.6. The van der Waals surface area contributed by atoms with E-state index in [9.17, 15) is 4.79 Å². The fourth-order valence-electron chi connectivity index (χ4n) is 3.72. The van der Waals surface area contributed by atoms with Gasteiger partial charge >= 0.3 is 0 Å². The highest BCUT2D eigenvalue weighted by atomic mass is 32.2. The highest BCUT2D eigenvalue weighted by Crippen LogP contribution is 2.31. The van der Waals surface area contributed by atoms with Gasteiger partial charge in [0.15, 0.2) is 5.82 Å². The molecule has 6 nitrogen and oxygen atoms in total. The molecule has 0 spiro atoms. The summed E-state index contributed by atoms with van der Waals surface area (Å²) < 4.78 is 5.88. The maximum Gasteiger partial charge on any atom is 0.230 e. The topological polar surface area (TPSA) is 67.4 Å². The Morgan fingerprint density at radius 3 is 2.39 bits per heavy atom. The highest BCUT2D eigenvalue weighted by Gasteiger charge is 2.26. The molecule has 162 valence electrons. The van der Waals surface area contributed by atoms with Gasteiger partial charge in [0, 0.05) is 19.6 Å². The second-order valence-corrected chi connectivity index (χ2v) is 9.02. The third kappa shape index (κ3) is 5.54. The minimum atomic E-state index is -0.0183. The average molecular weight is 437 g/mol. The van der Waals surface area contributed by atoms with Crippen LogP contribution in [0.25, 0.3) is 11.0 Å². The lowest BCUT2D eigenvalue weighted by molar-refractivity contribution is -0.118. The standard InChI is InChI=1S/C24H28N4O2S/c1-16-8-10-19(11-9-16)12-25-22(29)15-31-24-23(28-13-17(2)30-18(3)14-28)26-20-6-4-5-7-21(20)27-24/h4-11,17-18H,12-15H2,1-3H3,(H,25,29)/t17-,18-/m1/s1. The number of fused-ring (bicyclic) bond motifs is 1. The van der Waals surface area contributed by atoms with Gasteiger partial charge in [0.05, 0.1) is 29.0 Å². The van der Waals surface area contributed by atoms with Crippen molar-refractivity contribution in [3.63, 3.8) is 0 Å². The number of nitrogens with one attached hydrogen (secondary N) is 1. The molecule has 0 aliphatic carbocycles. The van der Waals surface area contributed by atoms with Crippen LogP contribution in [0.5, 0.6) is 0 Å². The number of thioether (sulfide) groups is 1. The molecule has 0 radical (unpaired) electrons. The number of amides is 1. The molecule has 2 aromatic carbocycles. The fourth-order valence-corrected chi connectivity index (χ4v) is 4.56. The Labute approximate surface area is 187 Å². The lowest BCUT2D eigenvalue weighted by Crippen LogP contribution is -2.46. The maximum atomic E-state index is 12.5. The first-order valence-corrected chi connectivity index (χ1v) is 11.6. The number of rotatable bonds is 6. The van der Waals surface area contributed by atoms with E-state index in [4.69, 9.17) is 14.7 Å². The van der Waals surface area contributed by atoms with Gasteiger partial charge in [-0.15, -0.1) is 0 Å². The molecule has 1 aliphatic rings. The molecule has 1 N–H and O–H groups in total. The van der Waals surface area contributed by atoms with Gasteiger partial charge in [0.2, 0.25) is 5.91 Å². The van der Waals surface area contributed by atoms with Gasteiger partial charge in [-0.05, 0) is 38.5 Å². The number of hydrogen-bond acceptors (Lipinski definition) is 6. The number of carbonyl (C=O) groups excluding carboxylic acids is 1. The molecule has 0 saturated carbocycles. The molecule has 0 bridgehead atoms. The van der Waals surface area contributed by atoms with E-state index in [0.717, 1.165) is 40.5 Å². The minimum absolute atomic E-state index is 0.0183. The zero-order valence-corrected chi connectivity index (χ0v) is 19.0. The second kappa shape index (κ2) is 9.66. The molecule has 1 amide bonds. The fraction of sp³-hybridized carbons (Fsp3) is 0.375. The molecule has 0 unspecified atom stereocenters. The predicted octanol–water partition coefficient (Wildman–Crippen LogP) is 3.96. The van der Waals surface area contributed by atoms with Crippen LogP contribution < -0.4 is 10.2 Å². The van der Waals surface area contributed by atoms with Crippen molar-refractivity contribution < 1.29 is 9.53 Å². The minimum Gasteiger partial charge on any atom is -0.372 e. The molecule has 1 aliphatic heterocycles. The van der Waals surface area contributed by atoms with Crippen molar-refractivity contribution in [2.45, 2.75) is 44.5 Å². The Kier molecular flexibility index (Phi) is 6.73. The van der Waals surface area contributed by atoms with Crippen molar-refractivity contribution in [3.05, 3.63) is 59.7 Å². The number of ether oxygens (including phenoxy) is 1. The largest absolute Gasteiger partial charge is 0.372 e. The van der Waals surface area contributed by atoms with Crippen molar-refractivity contribution in [1.82, 2.24) is 15.3 Å². The van der Waals surface area contributed by atoms with Gasteiger partial charge in [-0.3, -0.25) is 4.79 Å². The Hall–Kier alpha value is -2.64. The van der Waals surface area contributed by atoms with Crippen LogP contribution >= 0.6 is 11.8 Å². The number of aryl methyl sites for hydroxylation is 1. The van der Waals surface area contributed by atoms with Crippen molar-refractivity contribution in [2.75, 3.05) is 23.7 Å². The quantitative estimate of drug-likeness (QED) is 0.590. The summed E-state index contributed by atoms with van der Waals surface area (Å²) in [6, 6.07) is 16.0. The van der Waals surface area contributed by atoms with E-state index in [1.807, 2.05) is 36.4 Å². The molecular formula is C24H28N4O2S. The number of benzene rings is 2. The number of aromatic nitrogens is 2. The normalized spacial score (nSPS) is 18.9. The number of nitrogens with zero attached hydrogens (tertiary/aromatic N) is 3. The van der Waals surface area contributed by atoms with Crippen LogP contribution in [-0.4, -0.2) is 46.9 Å². The summed E-state index contributed by atoms with van der Waals surface area (Å²) in [6.45, 7) is 8.23. The maximum absolute atomic E-state index is 12.5. The van der Waals surface area contributed by atoms with Gasteiger partial charge in [0.1, 0.15) is 5.03 Å². The van der Waals surface area contributed by atoms with Gasteiger partial charge in [-0.25, -0.2) is 9.97 Å². The summed E-state index contributed by atoms with van der Waals surface area (Å²) in [5, 5.41) is 3.78. The second-order valence-electron chi connectivity index (χ2n) is 8.05. The Morgan fingerprint density at radius 2 is 1.71 bits per heavy atom. The molecule has 7 heteroatoms. The molecule has 2 atom stereocenters. The van der Waals surface area contributed by atoms with E-state index in [0.29, 0.717) is 12.3 Å². The third-order valence-corrected chi connectivity index (χ3v) is 6.14. The number of carbonyl (C=O) groups is 1. The molecule has 1 saturated heterocycles. The van der Waals surface area contributed by atoms with Crippen molar-refractivity contribution in [2.24, 2.45) is 0 Å². The number of para-hydroxylation sites is 2. The van der Waals surface area contributed by atoms with E-state index < -0.39 is 0 Å². The number of anilines is 1. The van der Waals surface area contributed by atoms with E-state index in [1.54, 1.807) is 0 Å². The molecular weight excluding hydrogens is 408 g/mol.